The normalized spacial score (nSPS) is 22.8. The molecule has 2 aliphatic rings. The molecule has 92 valence electrons. The van der Waals surface area contributed by atoms with Crippen molar-refractivity contribution in [3.8, 4) is 0 Å². The van der Waals surface area contributed by atoms with E-state index in [0.717, 1.165) is 50.9 Å². The summed E-state index contributed by atoms with van der Waals surface area (Å²) in [4.78, 5) is 2.16. The zero-order valence-electron chi connectivity index (χ0n) is 9.12. The van der Waals surface area contributed by atoms with Gasteiger partial charge in [-0.2, -0.15) is 14.0 Å². The first kappa shape index (κ1) is 12.0. The fourth-order valence-corrected chi connectivity index (χ4v) is 2.79. The van der Waals surface area contributed by atoms with Gasteiger partial charge in [-0.1, -0.05) is 10.7 Å². The summed E-state index contributed by atoms with van der Waals surface area (Å²) in [6.07, 6.45) is 5.53. The maximum atomic E-state index is 10.6. The largest absolute Gasteiger partial charge is 0.372 e. The van der Waals surface area contributed by atoms with E-state index in [9.17, 15) is 14.0 Å². The summed E-state index contributed by atoms with van der Waals surface area (Å²) in [6, 6.07) is 0. The van der Waals surface area contributed by atoms with Crippen molar-refractivity contribution in [1.82, 2.24) is 4.90 Å². The third kappa shape index (κ3) is 3.01. The molecule has 0 spiro atoms. The van der Waals surface area contributed by atoms with Crippen LogP contribution in [0.15, 0.2) is 11.5 Å². The van der Waals surface area contributed by atoms with E-state index in [1.165, 1.54) is 0 Å². The van der Waals surface area contributed by atoms with Crippen LogP contribution in [0.25, 0.3) is 0 Å². The minimum Gasteiger partial charge on any atom is -0.372 e. The molecule has 0 aliphatic carbocycles. The number of halogens is 1. The highest BCUT2D eigenvalue weighted by Gasteiger charge is 2.31. The first-order valence-electron chi connectivity index (χ1n) is 5.63. The quantitative estimate of drug-likeness (QED) is 0.613. The molecule has 0 bridgehead atoms. The first-order chi connectivity index (χ1) is 7.56. The van der Waals surface area contributed by atoms with Gasteiger partial charge in [0.05, 0.1) is 5.70 Å². The fourth-order valence-electron chi connectivity index (χ4n) is 2.40. The second-order valence-electron chi connectivity index (χ2n) is 4.23. The highest BCUT2D eigenvalue weighted by Crippen LogP contribution is 2.30. The van der Waals surface area contributed by atoms with Crippen molar-refractivity contribution in [3.05, 3.63) is 11.5 Å². The molecule has 1 fully saturated rings. The highest BCUT2D eigenvalue weighted by molar-refractivity contribution is 5.11. The van der Waals surface area contributed by atoms with Crippen LogP contribution in [0, 0.1) is 10.2 Å². The summed E-state index contributed by atoms with van der Waals surface area (Å²) >= 11 is 0. The summed E-state index contributed by atoms with van der Waals surface area (Å²) in [6.45, 7) is 1.88. The summed E-state index contributed by atoms with van der Waals surface area (Å²) in [7, 11) is -4.35. The van der Waals surface area contributed by atoms with Crippen molar-refractivity contribution in [2.24, 2.45) is 0 Å². The summed E-state index contributed by atoms with van der Waals surface area (Å²) in [5.41, 5.74) is 0.927. The molecular formula is C10H16ClNO4. The Balaban J connectivity index is 2.17. The van der Waals surface area contributed by atoms with Crippen LogP contribution in [0.3, 0.4) is 0 Å². The van der Waals surface area contributed by atoms with Crippen LogP contribution < -0.4 is 14.0 Å². The summed E-state index contributed by atoms with van der Waals surface area (Å²) in [5, 5.41) is 0. The Morgan fingerprint density at radius 1 is 0.938 bits per heavy atom. The minimum atomic E-state index is -4.35. The number of rotatable bonds is 2. The van der Waals surface area contributed by atoms with Crippen LogP contribution in [0.5, 0.6) is 0 Å². The van der Waals surface area contributed by atoms with Crippen LogP contribution in [-0.2, 0) is 4.29 Å². The molecular weight excluding hydrogens is 234 g/mol. The van der Waals surface area contributed by atoms with Gasteiger partial charge in [0.2, 0.25) is 0 Å². The van der Waals surface area contributed by atoms with Crippen molar-refractivity contribution in [3.63, 3.8) is 0 Å². The summed E-state index contributed by atoms with van der Waals surface area (Å²) in [5.74, 6) is 0.366. The number of allylic oxidation sites excluding steroid dienone is 2. The Hall–Kier alpha value is -0.490. The van der Waals surface area contributed by atoms with Crippen molar-refractivity contribution in [2.45, 2.75) is 38.5 Å². The Morgan fingerprint density at radius 3 is 2.44 bits per heavy atom. The predicted octanol–water partition coefficient (Wildman–Crippen LogP) is -1.22. The van der Waals surface area contributed by atoms with Gasteiger partial charge < -0.3 is 4.90 Å². The monoisotopic (exact) mass is 249 g/mol. The maximum Gasteiger partial charge on any atom is 0.284 e. The van der Waals surface area contributed by atoms with Gasteiger partial charge >= 0.3 is 0 Å². The van der Waals surface area contributed by atoms with E-state index in [4.69, 9.17) is 0 Å². The molecule has 5 nitrogen and oxygen atoms in total. The number of fused-ring (bicyclic) bond motifs is 1. The molecule has 0 aromatic rings. The van der Waals surface area contributed by atoms with Crippen molar-refractivity contribution < 1.29 is 28.5 Å². The van der Waals surface area contributed by atoms with Crippen molar-refractivity contribution in [1.29, 1.82) is 0 Å². The van der Waals surface area contributed by atoms with Crippen LogP contribution in [0.1, 0.15) is 38.5 Å². The zero-order valence-corrected chi connectivity index (χ0v) is 9.87. The predicted molar refractivity (Wildman–Crippen MR) is 47.4 cm³/mol. The first-order valence-corrected chi connectivity index (χ1v) is 6.87. The molecule has 0 unspecified atom stereocenters. The van der Waals surface area contributed by atoms with Gasteiger partial charge in [0, 0.05) is 19.5 Å². The topological polar surface area (TPSA) is 81.6 Å². The lowest BCUT2D eigenvalue weighted by Gasteiger charge is -2.30. The Bertz CT molecular complexity index is 287. The molecule has 0 amide bonds. The standard InChI is InChI=1S/C10H16ClNO4/c13-11(14,15)16-10-6-4-8-12-7-3-1-2-5-9(10)12/h1-8H2. The third-order valence-electron chi connectivity index (χ3n) is 3.06. The molecule has 1 saturated heterocycles. The molecule has 0 saturated carbocycles. The molecule has 16 heavy (non-hydrogen) atoms. The van der Waals surface area contributed by atoms with Crippen LogP contribution >= 0.6 is 0 Å². The van der Waals surface area contributed by atoms with E-state index in [1.807, 2.05) is 0 Å². The molecule has 0 N–H and O–H groups in total. The van der Waals surface area contributed by atoms with Gasteiger partial charge in [0.1, 0.15) is 10.2 Å². The Labute approximate surface area is 97.0 Å². The van der Waals surface area contributed by atoms with Crippen LogP contribution in [0.2, 0.25) is 0 Å². The van der Waals surface area contributed by atoms with E-state index in [-0.39, 0.29) is 0 Å². The van der Waals surface area contributed by atoms with Crippen molar-refractivity contribution >= 4 is 0 Å². The van der Waals surface area contributed by atoms with E-state index in [1.54, 1.807) is 0 Å². The van der Waals surface area contributed by atoms with E-state index >= 15 is 0 Å². The average molecular weight is 250 g/mol. The van der Waals surface area contributed by atoms with Gasteiger partial charge in [0.15, 0.2) is 0 Å². The Morgan fingerprint density at radius 2 is 1.69 bits per heavy atom. The SMILES string of the molecule is [O-][Cl+3]([O-])([O-])OC1=C2CCCCCN2CCC1. The third-order valence-corrected chi connectivity index (χ3v) is 3.44. The van der Waals surface area contributed by atoms with Crippen molar-refractivity contribution in [2.75, 3.05) is 13.1 Å². The van der Waals surface area contributed by atoms with E-state index in [0.29, 0.717) is 12.2 Å². The average Bonchev–Trinajstić information content (AvgIpc) is 2.41. The number of hydrogen-bond acceptors (Lipinski definition) is 5. The van der Waals surface area contributed by atoms with E-state index in [2.05, 4.69) is 9.19 Å². The fraction of sp³-hybridized carbons (Fsp3) is 0.800. The van der Waals surface area contributed by atoms with Gasteiger partial charge in [-0.15, -0.1) is 0 Å². The lowest BCUT2D eigenvalue weighted by atomic mass is 10.1. The van der Waals surface area contributed by atoms with Crippen LogP contribution in [-0.4, -0.2) is 18.0 Å². The lowest BCUT2D eigenvalue weighted by molar-refractivity contribution is -1.92. The van der Waals surface area contributed by atoms with Gasteiger partial charge in [-0.05, 0) is 25.7 Å². The molecule has 0 radical (unpaired) electrons. The second-order valence-corrected chi connectivity index (χ2v) is 5.14. The molecule has 2 rings (SSSR count). The number of hydrogen-bond donors (Lipinski definition) is 0. The van der Waals surface area contributed by atoms with Crippen LogP contribution in [0.4, 0.5) is 0 Å². The van der Waals surface area contributed by atoms with Gasteiger partial charge in [-0.3, -0.25) is 0 Å². The highest BCUT2D eigenvalue weighted by atomic mass is 35.7. The molecule has 2 heterocycles. The molecule has 0 atom stereocenters. The Kier molecular flexibility index (Phi) is 3.59. The van der Waals surface area contributed by atoms with Gasteiger partial charge in [-0.25, -0.2) is 0 Å². The van der Waals surface area contributed by atoms with E-state index < -0.39 is 10.2 Å². The molecule has 2 aliphatic heterocycles. The lowest BCUT2D eigenvalue weighted by Crippen LogP contribution is -2.61. The smallest absolute Gasteiger partial charge is 0.284 e. The minimum absolute atomic E-state index is 0.366. The zero-order chi connectivity index (χ0) is 11.6. The molecule has 6 heteroatoms. The maximum absolute atomic E-state index is 10.6. The molecule has 0 aromatic heterocycles. The summed E-state index contributed by atoms with van der Waals surface area (Å²) < 4.78 is 36.3. The second kappa shape index (κ2) is 4.79. The number of nitrogens with zero attached hydrogens (tertiary/aromatic N) is 1. The molecule has 0 aromatic carbocycles. The van der Waals surface area contributed by atoms with Gasteiger partial charge in [0.25, 0.3) is 5.76 Å².